The zero-order chi connectivity index (χ0) is 8.70. The predicted octanol–water partition coefficient (Wildman–Crippen LogP) is 2.10. The van der Waals surface area contributed by atoms with Crippen LogP contribution in [0.25, 0.3) is 0 Å². The molecule has 64 valence electrons. The molecule has 1 aliphatic heterocycles. The van der Waals surface area contributed by atoms with Crippen molar-refractivity contribution < 1.29 is 9.53 Å². The summed E-state index contributed by atoms with van der Waals surface area (Å²) in [5.74, 6) is -0.272. The van der Waals surface area contributed by atoms with Gasteiger partial charge in [0, 0.05) is 0 Å². The molecule has 2 unspecified atom stereocenters. The lowest BCUT2D eigenvalue weighted by molar-refractivity contribution is -0.202. The van der Waals surface area contributed by atoms with Gasteiger partial charge in [-0.25, -0.2) is 4.79 Å². The van der Waals surface area contributed by atoms with Crippen LogP contribution in [-0.2, 0) is 9.53 Å². The third kappa shape index (κ3) is 0.886. The Bertz CT molecular complexity index is 193. The molecule has 0 bridgehead atoms. The fraction of sp³-hybridized carbons (Fsp3) is 0.875. The lowest BCUT2D eigenvalue weighted by atomic mass is 9.79. The molecule has 11 heavy (non-hydrogen) atoms. The highest BCUT2D eigenvalue weighted by molar-refractivity contribution is 6.37. The van der Waals surface area contributed by atoms with Crippen molar-refractivity contribution >= 4 is 17.6 Å². The van der Waals surface area contributed by atoms with E-state index in [1.807, 2.05) is 20.8 Å². The molecule has 0 aromatic rings. The lowest BCUT2D eigenvalue weighted by Crippen LogP contribution is -2.66. The van der Waals surface area contributed by atoms with Crippen molar-refractivity contribution in [3.8, 4) is 0 Å². The van der Waals surface area contributed by atoms with E-state index in [0.29, 0.717) is 6.42 Å². The van der Waals surface area contributed by atoms with Crippen LogP contribution in [0.3, 0.4) is 0 Å². The monoisotopic (exact) mass is 176 g/mol. The maximum Gasteiger partial charge on any atom is 0.331 e. The summed E-state index contributed by atoms with van der Waals surface area (Å²) in [7, 11) is 0. The number of carbonyl (C=O) groups excluding carboxylic acids is 1. The van der Waals surface area contributed by atoms with Crippen LogP contribution < -0.4 is 0 Å². The van der Waals surface area contributed by atoms with E-state index in [1.165, 1.54) is 0 Å². The number of hydrogen-bond acceptors (Lipinski definition) is 2. The first-order valence-corrected chi connectivity index (χ1v) is 4.30. The van der Waals surface area contributed by atoms with Crippen molar-refractivity contribution in [2.45, 2.75) is 44.1 Å². The first-order valence-electron chi connectivity index (χ1n) is 3.92. The fourth-order valence-corrected chi connectivity index (χ4v) is 1.62. The van der Waals surface area contributed by atoms with Crippen LogP contribution in [0.2, 0.25) is 0 Å². The van der Waals surface area contributed by atoms with Gasteiger partial charge in [-0.2, -0.15) is 0 Å². The minimum atomic E-state index is -0.762. The van der Waals surface area contributed by atoms with Crippen molar-refractivity contribution in [3.63, 3.8) is 0 Å². The second kappa shape index (κ2) is 2.37. The first kappa shape index (κ1) is 8.85. The number of carbonyl (C=O) groups is 1. The van der Waals surface area contributed by atoms with Crippen molar-refractivity contribution in [1.29, 1.82) is 0 Å². The summed E-state index contributed by atoms with van der Waals surface area (Å²) in [6.45, 7) is 5.76. The van der Waals surface area contributed by atoms with Crippen molar-refractivity contribution in [2.75, 3.05) is 0 Å². The second-order valence-corrected chi connectivity index (χ2v) is 3.77. The normalized spacial score (nSPS) is 43.1. The molecule has 3 heteroatoms. The van der Waals surface area contributed by atoms with E-state index in [0.717, 1.165) is 6.42 Å². The number of alkyl halides is 1. The van der Waals surface area contributed by atoms with Gasteiger partial charge in [-0.15, -0.1) is 11.6 Å². The van der Waals surface area contributed by atoms with Crippen LogP contribution in [0, 0.1) is 0 Å². The van der Waals surface area contributed by atoms with Gasteiger partial charge in [-0.3, -0.25) is 0 Å². The molecule has 0 amide bonds. The molecule has 2 atom stereocenters. The maximum atomic E-state index is 11.0. The Hall–Kier alpha value is -0.240. The van der Waals surface area contributed by atoms with Crippen molar-refractivity contribution in [2.24, 2.45) is 0 Å². The van der Waals surface area contributed by atoms with Crippen molar-refractivity contribution in [1.82, 2.24) is 0 Å². The molecule has 0 N–H and O–H groups in total. The van der Waals surface area contributed by atoms with Gasteiger partial charge in [-0.1, -0.05) is 13.8 Å². The molecule has 0 saturated carbocycles. The summed E-state index contributed by atoms with van der Waals surface area (Å²) >= 11 is 6.08. The molecule has 1 heterocycles. The smallest absolute Gasteiger partial charge is 0.331 e. The van der Waals surface area contributed by atoms with E-state index < -0.39 is 10.5 Å². The predicted molar refractivity (Wildman–Crippen MR) is 43.7 cm³/mol. The highest BCUT2D eigenvalue weighted by atomic mass is 35.5. The van der Waals surface area contributed by atoms with Gasteiger partial charge in [0.1, 0.15) is 5.60 Å². The van der Waals surface area contributed by atoms with Crippen LogP contribution in [0.4, 0.5) is 0 Å². The molecular weight excluding hydrogens is 164 g/mol. The molecule has 0 spiro atoms. The second-order valence-electron chi connectivity index (χ2n) is 3.13. The van der Waals surface area contributed by atoms with Gasteiger partial charge in [0.15, 0.2) is 4.87 Å². The van der Waals surface area contributed by atoms with E-state index in [1.54, 1.807) is 0 Å². The number of halogens is 1. The van der Waals surface area contributed by atoms with E-state index in [4.69, 9.17) is 16.3 Å². The number of cyclic esters (lactones) is 1. The number of ether oxygens (including phenoxy) is 1. The van der Waals surface area contributed by atoms with Gasteiger partial charge in [0.2, 0.25) is 0 Å². The molecule has 1 saturated heterocycles. The zero-order valence-corrected chi connectivity index (χ0v) is 7.86. The van der Waals surface area contributed by atoms with Crippen LogP contribution >= 0.6 is 11.6 Å². The molecule has 1 rings (SSSR count). The number of rotatable bonds is 2. The average molecular weight is 177 g/mol. The molecule has 2 nitrogen and oxygen atoms in total. The van der Waals surface area contributed by atoms with Gasteiger partial charge < -0.3 is 4.74 Å². The van der Waals surface area contributed by atoms with Gasteiger partial charge in [-0.05, 0) is 19.8 Å². The third-order valence-corrected chi connectivity index (χ3v) is 3.46. The summed E-state index contributed by atoms with van der Waals surface area (Å²) in [5.41, 5.74) is -0.444. The lowest BCUT2D eigenvalue weighted by Gasteiger charge is -2.50. The first-order chi connectivity index (χ1) is 5.00. The average Bonchev–Trinajstić information content (AvgIpc) is 2.02. The standard InChI is InChI=1S/C8H13ClO2/c1-4-7(3)8(9,5-2)6(10)11-7/h4-5H2,1-3H3. The quantitative estimate of drug-likeness (QED) is 0.476. The molecule has 1 aliphatic rings. The number of hydrogen-bond donors (Lipinski definition) is 0. The van der Waals surface area contributed by atoms with E-state index >= 15 is 0 Å². The Morgan fingerprint density at radius 3 is 2.18 bits per heavy atom. The Morgan fingerprint density at radius 1 is 1.45 bits per heavy atom. The summed E-state index contributed by atoms with van der Waals surface area (Å²) in [5, 5.41) is 0. The molecular formula is C8H13ClO2. The minimum Gasteiger partial charge on any atom is -0.455 e. The molecule has 0 aliphatic carbocycles. The van der Waals surface area contributed by atoms with Gasteiger partial charge >= 0.3 is 5.97 Å². The van der Waals surface area contributed by atoms with Crippen LogP contribution in [0.5, 0.6) is 0 Å². The van der Waals surface area contributed by atoms with E-state index in [9.17, 15) is 4.79 Å². The van der Waals surface area contributed by atoms with Gasteiger partial charge in [0.25, 0.3) is 0 Å². The largest absolute Gasteiger partial charge is 0.455 e. The zero-order valence-electron chi connectivity index (χ0n) is 7.11. The Labute approximate surface area is 71.9 Å². The molecule has 0 aromatic heterocycles. The summed E-state index contributed by atoms with van der Waals surface area (Å²) in [6, 6.07) is 0. The highest BCUT2D eigenvalue weighted by Gasteiger charge is 2.63. The molecule has 1 fully saturated rings. The van der Waals surface area contributed by atoms with Gasteiger partial charge in [0.05, 0.1) is 0 Å². The fourth-order valence-electron chi connectivity index (χ4n) is 1.41. The Balaban J connectivity index is 2.84. The molecule has 0 aromatic carbocycles. The summed E-state index contributed by atoms with van der Waals surface area (Å²) in [4.78, 5) is 10.2. The van der Waals surface area contributed by atoms with Crippen LogP contribution in [0.1, 0.15) is 33.6 Å². The topological polar surface area (TPSA) is 26.3 Å². The highest BCUT2D eigenvalue weighted by Crippen LogP contribution is 2.47. The van der Waals surface area contributed by atoms with Crippen molar-refractivity contribution in [3.05, 3.63) is 0 Å². The molecule has 0 radical (unpaired) electrons. The Kier molecular flexibility index (Phi) is 1.91. The minimum absolute atomic E-state index is 0.272. The maximum absolute atomic E-state index is 11.0. The van der Waals surface area contributed by atoms with Crippen LogP contribution in [0.15, 0.2) is 0 Å². The SMILES string of the molecule is CCC1(C)OC(=O)C1(Cl)CC. The van der Waals surface area contributed by atoms with E-state index in [-0.39, 0.29) is 5.97 Å². The van der Waals surface area contributed by atoms with E-state index in [2.05, 4.69) is 0 Å². The number of esters is 1. The third-order valence-electron chi connectivity index (χ3n) is 2.64. The summed E-state index contributed by atoms with van der Waals surface area (Å²) in [6.07, 6.45) is 1.41. The Morgan fingerprint density at radius 2 is 2.00 bits per heavy atom. The van der Waals surface area contributed by atoms with Crippen LogP contribution in [-0.4, -0.2) is 16.4 Å². The summed E-state index contributed by atoms with van der Waals surface area (Å²) < 4.78 is 5.01.